The highest BCUT2D eigenvalue weighted by Crippen LogP contribution is 2.35. The Kier molecular flexibility index (Phi) is 6.29. The van der Waals surface area contributed by atoms with Crippen LogP contribution < -0.4 is 4.90 Å². The second-order valence-electron chi connectivity index (χ2n) is 9.51. The molecule has 5 rings (SSSR count). The Morgan fingerprint density at radius 1 is 0.794 bits per heavy atom. The normalized spacial score (nSPS) is 18.3. The summed E-state index contributed by atoms with van der Waals surface area (Å²) in [5, 5.41) is 0.949. The molecule has 0 saturated carbocycles. The molecule has 0 aliphatic carbocycles. The molecule has 1 aromatic heterocycles. The zero-order chi connectivity index (χ0) is 23.9. The van der Waals surface area contributed by atoms with E-state index in [1.807, 2.05) is 17.7 Å². The minimum absolute atomic E-state index is 0.227. The summed E-state index contributed by atoms with van der Waals surface area (Å²) in [6.45, 7) is 6.46. The first-order chi connectivity index (χ1) is 16.3. The number of hydrogen-bond donors (Lipinski definition) is 0. The van der Waals surface area contributed by atoms with Crippen LogP contribution in [0.5, 0.6) is 0 Å². The maximum Gasteiger partial charge on any atom is 0.416 e. The quantitative estimate of drug-likeness (QED) is 0.469. The molecule has 0 spiro atoms. The van der Waals surface area contributed by atoms with Gasteiger partial charge >= 0.3 is 6.18 Å². The molecule has 182 valence electrons. The van der Waals surface area contributed by atoms with Crippen molar-refractivity contribution in [3.63, 3.8) is 0 Å². The fraction of sp³-hybridized carbons (Fsp3) is 0.462. The SMILES string of the molecule is Cn1cc(CN2CCN(Cc3ccc(C(F)(F)F)cc3N3CCCC3)CC2)c2cc(F)ccc21. The molecular formula is C26H30F4N4. The number of hydrogen-bond acceptors (Lipinski definition) is 3. The third-order valence-corrected chi connectivity index (χ3v) is 7.15. The van der Waals surface area contributed by atoms with Crippen molar-refractivity contribution in [1.29, 1.82) is 0 Å². The Labute approximate surface area is 197 Å². The van der Waals surface area contributed by atoms with E-state index < -0.39 is 11.7 Å². The number of rotatable bonds is 5. The van der Waals surface area contributed by atoms with Gasteiger partial charge < -0.3 is 9.47 Å². The minimum atomic E-state index is -4.33. The molecule has 0 amide bonds. The maximum absolute atomic E-state index is 13.8. The highest BCUT2D eigenvalue weighted by atomic mass is 19.4. The highest BCUT2D eigenvalue weighted by molar-refractivity contribution is 5.84. The first-order valence-electron chi connectivity index (χ1n) is 11.9. The van der Waals surface area contributed by atoms with Crippen LogP contribution in [0.2, 0.25) is 0 Å². The first-order valence-corrected chi connectivity index (χ1v) is 11.9. The third-order valence-electron chi connectivity index (χ3n) is 7.15. The molecule has 0 N–H and O–H groups in total. The summed E-state index contributed by atoms with van der Waals surface area (Å²) >= 11 is 0. The van der Waals surface area contributed by atoms with Gasteiger partial charge in [0, 0.05) is 82.2 Å². The lowest BCUT2D eigenvalue weighted by Crippen LogP contribution is -2.45. The lowest BCUT2D eigenvalue weighted by Gasteiger charge is -2.35. The number of aryl methyl sites for hydroxylation is 1. The van der Waals surface area contributed by atoms with E-state index in [9.17, 15) is 17.6 Å². The van der Waals surface area contributed by atoms with Gasteiger partial charge in [-0.15, -0.1) is 0 Å². The summed E-state index contributed by atoms with van der Waals surface area (Å²) in [5.41, 5.74) is 3.26. The van der Waals surface area contributed by atoms with Crippen LogP contribution >= 0.6 is 0 Å². The molecule has 2 fully saturated rings. The molecule has 2 aromatic carbocycles. The molecule has 3 heterocycles. The number of anilines is 1. The van der Waals surface area contributed by atoms with E-state index >= 15 is 0 Å². The summed E-state index contributed by atoms with van der Waals surface area (Å²) in [6, 6.07) is 9.11. The molecule has 0 radical (unpaired) electrons. The van der Waals surface area contributed by atoms with Gasteiger partial charge in [-0.05, 0) is 54.3 Å². The van der Waals surface area contributed by atoms with Crippen LogP contribution in [0.3, 0.4) is 0 Å². The van der Waals surface area contributed by atoms with Crippen LogP contribution in [-0.4, -0.2) is 53.6 Å². The molecule has 4 nitrogen and oxygen atoms in total. The summed E-state index contributed by atoms with van der Waals surface area (Å²) < 4.78 is 55.8. The van der Waals surface area contributed by atoms with Crippen molar-refractivity contribution in [3.05, 3.63) is 65.1 Å². The second-order valence-corrected chi connectivity index (χ2v) is 9.51. The minimum Gasteiger partial charge on any atom is -0.371 e. The zero-order valence-corrected chi connectivity index (χ0v) is 19.4. The Balaban J connectivity index is 1.26. The Bertz CT molecular complexity index is 1160. The average Bonchev–Trinajstić information content (AvgIpc) is 3.43. The first kappa shape index (κ1) is 23.2. The van der Waals surface area contributed by atoms with Crippen LogP contribution in [0.25, 0.3) is 10.9 Å². The Morgan fingerprint density at radius 3 is 2.09 bits per heavy atom. The van der Waals surface area contributed by atoms with Gasteiger partial charge in [0.2, 0.25) is 0 Å². The van der Waals surface area contributed by atoms with Gasteiger partial charge in [-0.3, -0.25) is 9.80 Å². The number of alkyl halides is 3. The van der Waals surface area contributed by atoms with Crippen molar-refractivity contribution < 1.29 is 17.6 Å². The molecule has 0 unspecified atom stereocenters. The van der Waals surface area contributed by atoms with Gasteiger partial charge in [0.15, 0.2) is 0 Å². The summed E-state index contributed by atoms with van der Waals surface area (Å²) in [6.07, 6.45) is -0.219. The molecule has 0 atom stereocenters. The third kappa shape index (κ3) is 4.79. The molecule has 3 aromatic rings. The van der Waals surface area contributed by atoms with E-state index in [1.165, 1.54) is 18.2 Å². The fourth-order valence-electron chi connectivity index (χ4n) is 5.29. The lowest BCUT2D eigenvalue weighted by atomic mass is 10.1. The highest BCUT2D eigenvalue weighted by Gasteiger charge is 2.32. The largest absolute Gasteiger partial charge is 0.416 e. The molecular weight excluding hydrogens is 444 g/mol. The number of benzene rings is 2. The number of nitrogens with zero attached hydrogens (tertiary/aromatic N) is 4. The average molecular weight is 475 g/mol. The van der Waals surface area contributed by atoms with E-state index in [-0.39, 0.29) is 5.82 Å². The fourth-order valence-corrected chi connectivity index (χ4v) is 5.29. The Morgan fingerprint density at radius 2 is 1.44 bits per heavy atom. The van der Waals surface area contributed by atoms with Crippen LogP contribution in [0.15, 0.2) is 42.6 Å². The molecule has 34 heavy (non-hydrogen) atoms. The van der Waals surface area contributed by atoms with Gasteiger partial charge in [0.1, 0.15) is 5.82 Å². The van der Waals surface area contributed by atoms with E-state index in [0.29, 0.717) is 6.54 Å². The molecule has 2 aliphatic rings. The second kappa shape index (κ2) is 9.23. The smallest absolute Gasteiger partial charge is 0.371 e. The van der Waals surface area contributed by atoms with Gasteiger partial charge in [-0.1, -0.05) is 6.07 Å². The van der Waals surface area contributed by atoms with Gasteiger partial charge in [0.25, 0.3) is 0 Å². The summed E-state index contributed by atoms with van der Waals surface area (Å²) in [5.74, 6) is -0.227. The van der Waals surface area contributed by atoms with Gasteiger partial charge in [-0.2, -0.15) is 13.2 Å². The van der Waals surface area contributed by atoms with E-state index in [0.717, 1.165) is 86.4 Å². The predicted octanol–water partition coefficient (Wildman–Crippen LogP) is 5.25. The summed E-state index contributed by atoms with van der Waals surface area (Å²) in [4.78, 5) is 6.78. The number of piperazine rings is 1. The van der Waals surface area contributed by atoms with Gasteiger partial charge in [-0.25, -0.2) is 4.39 Å². The van der Waals surface area contributed by atoms with Crippen molar-refractivity contribution in [2.45, 2.75) is 32.1 Å². The number of aromatic nitrogens is 1. The van der Waals surface area contributed by atoms with E-state index in [1.54, 1.807) is 12.1 Å². The molecule has 2 saturated heterocycles. The number of halogens is 4. The molecule has 8 heteroatoms. The van der Waals surface area contributed by atoms with E-state index in [2.05, 4.69) is 20.9 Å². The van der Waals surface area contributed by atoms with Crippen LogP contribution in [0.4, 0.5) is 23.2 Å². The van der Waals surface area contributed by atoms with Crippen molar-refractivity contribution >= 4 is 16.6 Å². The monoisotopic (exact) mass is 474 g/mol. The van der Waals surface area contributed by atoms with Crippen molar-refractivity contribution in [3.8, 4) is 0 Å². The predicted molar refractivity (Wildman–Crippen MR) is 126 cm³/mol. The van der Waals surface area contributed by atoms with Crippen LogP contribution in [-0.2, 0) is 26.3 Å². The van der Waals surface area contributed by atoms with Crippen molar-refractivity contribution in [1.82, 2.24) is 14.4 Å². The van der Waals surface area contributed by atoms with Crippen molar-refractivity contribution in [2.24, 2.45) is 7.05 Å². The summed E-state index contributed by atoms with van der Waals surface area (Å²) in [7, 11) is 1.98. The zero-order valence-electron chi connectivity index (χ0n) is 19.4. The van der Waals surface area contributed by atoms with Crippen molar-refractivity contribution in [2.75, 3.05) is 44.2 Å². The molecule has 2 aliphatic heterocycles. The Hall–Kier alpha value is -2.58. The maximum atomic E-state index is 13.8. The van der Waals surface area contributed by atoms with Gasteiger partial charge in [0.05, 0.1) is 5.56 Å². The lowest BCUT2D eigenvalue weighted by molar-refractivity contribution is -0.137. The van der Waals surface area contributed by atoms with Crippen LogP contribution in [0, 0.1) is 5.82 Å². The molecule has 0 bridgehead atoms. The van der Waals surface area contributed by atoms with E-state index in [4.69, 9.17) is 0 Å². The number of fused-ring (bicyclic) bond motifs is 1. The topological polar surface area (TPSA) is 14.7 Å². The van der Waals surface area contributed by atoms with Crippen LogP contribution in [0.1, 0.15) is 29.5 Å². The standard InChI is InChI=1S/C26H30F4N4/c1-31-16-20(23-15-22(27)6-7-24(23)31)18-33-12-10-32(11-13-33)17-19-4-5-21(26(28,29)30)14-25(19)34-8-2-3-9-34/h4-7,14-16H,2-3,8-13,17-18H2,1H3.